The Morgan fingerprint density at radius 1 is 0.939 bits per heavy atom. The molecule has 1 aromatic carbocycles. The number of rotatable bonds is 20. The van der Waals surface area contributed by atoms with Crippen LogP contribution in [0.1, 0.15) is 112 Å². The Morgan fingerprint density at radius 2 is 1.62 bits per heavy atom. The summed E-state index contributed by atoms with van der Waals surface area (Å²) in [7, 11) is -2.76. The van der Waals surface area contributed by atoms with E-state index in [4.69, 9.17) is 9.05 Å². The number of halogens is 1. The number of aromatic nitrogens is 1. The highest BCUT2D eigenvalue weighted by Crippen LogP contribution is 2.62. The highest BCUT2D eigenvalue weighted by Gasteiger charge is 2.47. The number of aliphatic imine (C=N–C) groups is 1. The predicted octanol–water partition coefficient (Wildman–Crippen LogP) is 8.62. The topological polar surface area (TPSA) is 185 Å². The summed E-state index contributed by atoms with van der Waals surface area (Å²) >= 11 is 3.26. The normalized spacial score (nSPS) is 22.0. The van der Waals surface area contributed by atoms with E-state index in [2.05, 4.69) is 15.3 Å². The molecule has 0 bridgehead atoms. The van der Waals surface area contributed by atoms with Crippen LogP contribution >= 0.6 is 42.5 Å². The van der Waals surface area contributed by atoms with Crippen LogP contribution in [0.15, 0.2) is 52.4 Å². The first-order valence-electron chi connectivity index (χ1n) is 22.9. The number of likely N-dealkylation sites (tertiary alicyclic amines) is 1. The van der Waals surface area contributed by atoms with Crippen LogP contribution in [0.3, 0.4) is 0 Å². The number of thiophene rings is 1. The van der Waals surface area contributed by atoms with Crippen LogP contribution in [-0.2, 0) is 32.8 Å². The number of carbonyl (C=O) groups is 5. The van der Waals surface area contributed by atoms with E-state index < -0.39 is 31.4 Å². The number of fused-ring (bicyclic) bond motifs is 2. The highest BCUT2D eigenvalue weighted by molar-refractivity contribution is 8.13. The van der Waals surface area contributed by atoms with Crippen LogP contribution in [0.4, 0.5) is 4.39 Å². The Kier molecular flexibility index (Phi) is 18.8. The van der Waals surface area contributed by atoms with Gasteiger partial charge in [-0.25, -0.2) is 4.39 Å². The zero-order valence-electron chi connectivity index (χ0n) is 38.4. The molecule has 3 amide bonds. The molecule has 0 saturated carbocycles. The molecular formula is C47H63FN5O9PS3. The van der Waals surface area contributed by atoms with Gasteiger partial charge >= 0.3 is 7.60 Å². The Hall–Kier alpha value is -3.67. The molecule has 0 radical (unpaired) electrons. The lowest BCUT2D eigenvalue weighted by Crippen LogP contribution is -2.53. The summed E-state index contributed by atoms with van der Waals surface area (Å²) in [6, 6.07) is 9.00. The number of pyridine rings is 1. The summed E-state index contributed by atoms with van der Waals surface area (Å²) in [4.78, 5) is 89.9. The summed E-state index contributed by atoms with van der Waals surface area (Å²) in [6.07, 6.45) is 8.54. The minimum atomic E-state index is -4.45. The Balaban J connectivity index is 1.10. The van der Waals surface area contributed by atoms with Crippen molar-refractivity contribution in [3.63, 3.8) is 0 Å². The third-order valence-electron chi connectivity index (χ3n) is 12.2. The second kappa shape index (κ2) is 24.1. The fourth-order valence-electron chi connectivity index (χ4n) is 9.04. The first-order chi connectivity index (χ1) is 31.6. The first-order valence-corrected chi connectivity index (χ1v) is 27.3. The standard InChI is InChI=1S/C47H63FN5O9PS3/c1-29(2)20-42(55)64-18-16-61-63(60,62-17-19-65-43(56)21-30(3)4)44(48)32-10-13-39-34(22-32)23-40(66-39)45(57)51-26-33-8-6-7-9-36-11-12-38(53(36)46(33)58)47(59)52-27-35(25-49-5)37(28-52)31-14-15-50-41(54)24-31/h10,13-15,22-25,29-30,33,35-38,44H,6-9,11-12,16-21,26-28H2,1-5H3,(H,50,54)(H,51,57)/t33?,35-,36+,37+,38+,44-/m1/s1. The Labute approximate surface area is 398 Å². The molecule has 14 nitrogen and oxygen atoms in total. The van der Waals surface area contributed by atoms with Crippen LogP contribution < -0.4 is 10.9 Å². The molecule has 3 aliphatic heterocycles. The lowest BCUT2D eigenvalue weighted by Gasteiger charge is -2.36. The maximum atomic E-state index is 16.4. The van der Waals surface area contributed by atoms with E-state index in [0.717, 1.165) is 54.8 Å². The average Bonchev–Trinajstić information content (AvgIpc) is 4.02. The number of amides is 3. The number of benzene rings is 1. The minimum absolute atomic E-state index is 0.0285. The molecule has 3 fully saturated rings. The number of hydrogen-bond donors (Lipinski definition) is 2. The van der Waals surface area contributed by atoms with Gasteiger partial charge in [0.1, 0.15) is 6.04 Å². The molecule has 1 unspecified atom stereocenters. The van der Waals surface area contributed by atoms with Gasteiger partial charge in [0, 0.05) is 92.1 Å². The minimum Gasteiger partial charge on any atom is -0.351 e. The number of thioether (sulfide) groups is 2. The number of nitrogens with one attached hydrogen (secondary N) is 2. The van der Waals surface area contributed by atoms with Crippen molar-refractivity contribution >= 4 is 86.7 Å². The molecule has 19 heteroatoms. The molecule has 66 heavy (non-hydrogen) atoms. The molecule has 3 saturated heterocycles. The van der Waals surface area contributed by atoms with E-state index in [9.17, 15) is 33.3 Å². The Morgan fingerprint density at radius 3 is 2.27 bits per heavy atom. The van der Waals surface area contributed by atoms with Crippen molar-refractivity contribution in [3.8, 4) is 0 Å². The van der Waals surface area contributed by atoms with Gasteiger partial charge in [0.15, 0.2) is 10.2 Å². The molecule has 2 aromatic heterocycles. The van der Waals surface area contributed by atoms with Crippen LogP contribution in [0.5, 0.6) is 0 Å². The number of alkyl halides is 1. The van der Waals surface area contributed by atoms with E-state index in [0.29, 0.717) is 53.7 Å². The second-order valence-electron chi connectivity index (χ2n) is 18.2. The summed E-state index contributed by atoms with van der Waals surface area (Å²) in [5.41, 5.74) is 0.655. The van der Waals surface area contributed by atoms with E-state index in [-0.39, 0.29) is 94.1 Å². The third-order valence-corrected chi connectivity index (χ3v) is 17.0. The van der Waals surface area contributed by atoms with Gasteiger partial charge in [-0.1, -0.05) is 70.1 Å². The van der Waals surface area contributed by atoms with Crippen molar-refractivity contribution in [2.45, 2.75) is 103 Å². The second-order valence-corrected chi connectivity index (χ2v) is 23.6. The summed E-state index contributed by atoms with van der Waals surface area (Å²) < 4.78 is 42.4. The van der Waals surface area contributed by atoms with Gasteiger partial charge in [-0.2, -0.15) is 0 Å². The largest absolute Gasteiger partial charge is 0.369 e. The maximum Gasteiger partial charge on any atom is 0.369 e. The number of carbonyl (C=O) groups excluding carboxylic acids is 5. The summed E-state index contributed by atoms with van der Waals surface area (Å²) in [5, 5.41) is 3.42. The fourth-order valence-corrected chi connectivity index (χ4v) is 13.5. The van der Waals surface area contributed by atoms with Crippen molar-refractivity contribution in [1.82, 2.24) is 20.1 Å². The van der Waals surface area contributed by atoms with Gasteiger partial charge in [-0.3, -0.25) is 33.3 Å². The van der Waals surface area contributed by atoms with Crippen LogP contribution in [-0.4, -0.2) is 112 Å². The lowest BCUT2D eigenvalue weighted by molar-refractivity contribution is -0.148. The fraction of sp³-hybridized carbons (Fsp3) is 0.596. The molecule has 2 N–H and O–H groups in total. The van der Waals surface area contributed by atoms with Crippen molar-refractivity contribution < 1.29 is 42.0 Å². The molecule has 5 heterocycles. The predicted molar refractivity (Wildman–Crippen MR) is 261 cm³/mol. The van der Waals surface area contributed by atoms with Crippen molar-refractivity contribution in [2.75, 3.05) is 51.4 Å². The number of aromatic amines is 1. The molecule has 6 atom stereocenters. The molecule has 360 valence electrons. The highest BCUT2D eigenvalue weighted by atomic mass is 32.2. The zero-order chi connectivity index (χ0) is 47.5. The van der Waals surface area contributed by atoms with Crippen molar-refractivity contribution in [1.29, 1.82) is 0 Å². The number of hydrogen-bond acceptors (Lipinski definition) is 13. The SMILES string of the molecule is CN=C[C@@H]1CN(C(=O)[C@@H]2CC[C@@H]3CCCCC(CNC(=O)c4cc5cc([C@H](F)P(=O)(OCCSC(=O)CC(C)C)OCCSC(=O)CC(C)C)ccc5s4)C(=O)N32)C[C@H]1c1cc[nH]c(=O)c1. The van der Waals surface area contributed by atoms with E-state index in [1.54, 1.807) is 36.3 Å². The number of H-pyrrole nitrogens is 1. The van der Waals surface area contributed by atoms with E-state index in [1.807, 2.05) is 44.9 Å². The van der Waals surface area contributed by atoms with Crippen molar-refractivity contribution in [2.24, 2.45) is 28.7 Å². The average molecular weight is 988 g/mol. The number of nitrogens with zero attached hydrogens (tertiary/aromatic N) is 3. The van der Waals surface area contributed by atoms with Crippen molar-refractivity contribution in [3.05, 3.63) is 69.0 Å². The molecule has 0 spiro atoms. The van der Waals surface area contributed by atoms with Gasteiger partial charge in [0.2, 0.25) is 23.3 Å². The quantitative estimate of drug-likeness (QED) is 0.0628. The Bertz CT molecular complexity index is 2310. The molecule has 3 aromatic rings. The maximum absolute atomic E-state index is 16.4. The third kappa shape index (κ3) is 13.5. The molecule has 6 rings (SSSR count). The zero-order valence-corrected chi connectivity index (χ0v) is 41.8. The van der Waals surface area contributed by atoms with Crippen LogP contribution in [0.25, 0.3) is 10.1 Å². The van der Waals surface area contributed by atoms with Crippen LogP contribution in [0, 0.1) is 23.7 Å². The molecular weight excluding hydrogens is 925 g/mol. The molecule has 0 aliphatic carbocycles. The molecule has 3 aliphatic rings. The van der Waals surface area contributed by atoms with E-state index >= 15 is 4.39 Å². The van der Waals surface area contributed by atoms with Gasteiger partial charge in [0.25, 0.3) is 5.91 Å². The van der Waals surface area contributed by atoms with Gasteiger partial charge in [-0.15, -0.1) is 11.3 Å². The lowest BCUT2D eigenvalue weighted by atomic mass is 9.90. The summed E-state index contributed by atoms with van der Waals surface area (Å²) in [6.45, 7) is 8.27. The monoisotopic (exact) mass is 987 g/mol. The first kappa shape index (κ1) is 51.7. The van der Waals surface area contributed by atoms with Crippen LogP contribution in [0.2, 0.25) is 0 Å². The van der Waals surface area contributed by atoms with Gasteiger partial charge in [0.05, 0.1) is 24.0 Å². The van der Waals surface area contributed by atoms with Gasteiger partial charge < -0.3 is 34.1 Å². The van der Waals surface area contributed by atoms with E-state index in [1.165, 1.54) is 23.5 Å². The smallest absolute Gasteiger partial charge is 0.351 e. The van der Waals surface area contributed by atoms with Gasteiger partial charge in [-0.05, 0) is 78.3 Å². The summed E-state index contributed by atoms with van der Waals surface area (Å²) in [5.74, 6) is -2.87.